The van der Waals surface area contributed by atoms with E-state index < -0.39 is 0 Å². The van der Waals surface area contributed by atoms with Crippen molar-refractivity contribution >= 4 is 0 Å². The van der Waals surface area contributed by atoms with Crippen molar-refractivity contribution in [3.05, 3.63) is 30.1 Å². The van der Waals surface area contributed by atoms with Gasteiger partial charge >= 0.3 is 0 Å². The third kappa shape index (κ3) is 4.28. The van der Waals surface area contributed by atoms with Crippen molar-refractivity contribution in [2.24, 2.45) is 0 Å². The van der Waals surface area contributed by atoms with Crippen LogP contribution >= 0.6 is 0 Å². The Morgan fingerprint density at radius 1 is 1.18 bits per heavy atom. The van der Waals surface area contributed by atoms with Crippen molar-refractivity contribution < 1.29 is 4.74 Å². The maximum Gasteiger partial charge on any atom is 0.0724 e. The van der Waals surface area contributed by atoms with Gasteiger partial charge in [0.25, 0.3) is 0 Å². The van der Waals surface area contributed by atoms with E-state index in [4.69, 9.17) is 4.74 Å². The molecular formula is C18H29N3O. The molecule has 2 heterocycles. The van der Waals surface area contributed by atoms with Crippen LogP contribution in [0, 0.1) is 0 Å². The molecule has 0 aromatic carbocycles. The summed E-state index contributed by atoms with van der Waals surface area (Å²) >= 11 is 0. The molecule has 1 aliphatic carbocycles. The number of methoxy groups -OCH3 is 1. The molecule has 1 saturated heterocycles. The highest BCUT2D eigenvalue weighted by atomic mass is 16.5. The molecule has 2 aliphatic rings. The average molecular weight is 303 g/mol. The van der Waals surface area contributed by atoms with Crippen LogP contribution in [0.5, 0.6) is 0 Å². The second-order valence-corrected chi connectivity index (χ2v) is 6.70. The number of hydrogen-bond donors (Lipinski definition) is 1. The summed E-state index contributed by atoms with van der Waals surface area (Å²) in [5, 5.41) is 3.88. The highest BCUT2D eigenvalue weighted by Gasteiger charge is 2.28. The fraction of sp³-hybridized carbons (Fsp3) is 0.722. The van der Waals surface area contributed by atoms with E-state index >= 15 is 0 Å². The zero-order valence-electron chi connectivity index (χ0n) is 13.7. The first-order valence-electron chi connectivity index (χ1n) is 8.76. The topological polar surface area (TPSA) is 37.4 Å². The summed E-state index contributed by atoms with van der Waals surface area (Å²) in [6.07, 6.45) is 9.92. The van der Waals surface area contributed by atoms with E-state index in [-0.39, 0.29) is 0 Å². The fourth-order valence-corrected chi connectivity index (χ4v) is 3.85. The van der Waals surface area contributed by atoms with Gasteiger partial charge in [-0.3, -0.25) is 9.88 Å². The number of likely N-dealkylation sites (tertiary alicyclic amines) is 1. The lowest BCUT2D eigenvalue weighted by Crippen LogP contribution is -2.51. The first-order valence-corrected chi connectivity index (χ1v) is 8.76. The lowest BCUT2D eigenvalue weighted by molar-refractivity contribution is 0.0333. The average Bonchev–Trinajstić information content (AvgIpc) is 2.58. The van der Waals surface area contributed by atoms with Crippen molar-refractivity contribution in [1.29, 1.82) is 0 Å². The Hall–Kier alpha value is -0.970. The van der Waals surface area contributed by atoms with Crippen LogP contribution in [0.25, 0.3) is 0 Å². The van der Waals surface area contributed by atoms with Gasteiger partial charge < -0.3 is 10.1 Å². The molecule has 4 nitrogen and oxygen atoms in total. The lowest BCUT2D eigenvalue weighted by atomic mass is 9.91. The number of ether oxygens (including phenoxy) is 1. The minimum absolute atomic E-state index is 0.417. The number of rotatable bonds is 5. The molecule has 0 amide bonds. The van der Waals surface area contributed by atoms with E-state index in [1.165, 1.54) is 57.3 Å². The summed E-state index contributed by atoms with van der Waals surface area (Å²) in [5.41, 5.74) is 1.18. The summed E-state index contributed by atoms with van der Waals surface area (Å²) < 4.78 is 5.66. The molecule has 4 heteroatoms. The molecule has 0 radical (unpaired) electrons. The van der Waals surface area contributed by atoms with Crippen molar-refractivity contribution in [3.8, 4) is 0 Å². The second kappa shape index (κ2) is 8.04. The maximum absolute atomic E-state index is 5.66. The summed E-state index contributed by atoms with van der Waals surface area (Å²) in [5.74, 6) is 0. The predicted molar refractivity (Wildman–Crippen MR) is 88.7 cm³/mol. The molecule has 2 unspecified atom stereocenters. The van der Waals surface area contributed by atoms with Crippen molar-refractivity contribution in [2.45, 2.75) is 63.3 Å². The molecule has 122 valence electrons. The second-order valence-electron chi connectivity index (χ2n) is 6.70. The number of aromatic nitrogens is 1. The van der Waals surface area contributed by atoms with Gasteiger partial charge in [0.2, 0.25) is 0 Å². The van der Waals surface area contributed by atoms with E-state index in [0.29, 0.717) is 18.2 Å². The molecule has 22 heavy (non-hydrogen) atoms. The predicted octanol–water partition coefficient (Wildman–Crippen LogP) is 2.59. The van der Waals surface area contributed by atoms with E-state index in [1.54, 1.807) is 0 Å². The lowest BCUT2D eigenvalue weighted by Gasteiger charge is -2.38. The number of hydrogen-bond acceptors (Lipinski definition) is 4. The highest BCUT2D eigenvalue weighted by molar-refractivity contribution is 5.03. The normalized spacial score (nSPS) is 27.9. The largest absolute Gasteiger partial charge is 0.380 e. The molecule has 1 N–H and O–H groups in total. The molecule has 1 aliphatic heterocycles. The third-order valence-electron chi connectivity index (χ3n) is 5.15. The number of nitrogens with zero attached hydrogens (tertiary/aromatic N) is 2. The minimum Gasteiger partial charge on any atom is -0.380 e. The molecule has 1 aromatic heterocycles. The van der Waals surface area contributed by atoms with Crippen LogP contribution in [0.3, 0.4) is 0 Å². The standard InChI is InChI=1S/C18H29N3O/c1-22-18-8-3-2-7-17(18)20-15-9-12-21(13-10-15)14-16-6-4-5-11-19-16/h4-6,11,15,17-18,20H,2-3,7-10,12-14H2,1H3. The Morgan fingerprint density at radius 3 is 2.73 bits per heavy atom. The van der Waals surface area contributed by atoms with Gasteiger partial charge in [-0.1, -0.05) is 18.9 Å². The molecule has 0 spiro atoms. The fourth-order valence-electron chi connectivity index (χ4n) is 3.85. The molecular weight excluding hydrogens is 274 g/mol. The van der Waals surface area contributed by atoms with Crippen LogP contribution in [-0.4, -0.2) is 48.3 Å². The Bertz CT molecular complexity index is 431. The van der Waals surface area contributed by atoms with Crippen LogP contribution in [0.2, 0.25) is 0 Å². The van der Waals surface area contributed by atoms with E-state index in [2.05, 4.69) is 27.3 Å². The Morgan fingerprint density at radius 2 is 2.00 bits per heavy atom. The van der Waals surface area contributed by atoms with Gasteiger partial charge in [-0.15, -0.1) is 0 Å². The van der Waals surface area contributed by atoms with Gasteiger partial charge in [0.15, 0.2) is 0 Å². The van der Waals surface area contributed by atoms with E-state index in [1.807, 2.05) is 19.4 Å². The first kappa shape index (κ1) is 15.9. The Labute approximate surface area is 134 Å². The summed E-state index contributed by atoms with van der Waals surface area (Å²) in [6.45, 7) is 3.31. The number of piperidine rings is 1. The maximum atomic E-state index is 5.66. The van der Waals surface area contributed by atoms with Crippen LogP contribution in [0.4, 0.5) is 0 Å². The highest BCUT2D eigenvalue weighted by Crippen LogP contribution is 2.23. The molecule has 1 saturated carbocycles. The molecule has 3 rings (SSSR count). The molecule has 0 bridgehead atoms. The van der Waals surface area contributed by atoms with Gasteiger partial charge in [0.1, 0.15) is 0 Å². The first-order chi connectivity index (χ1) is 10.8. The Balaban J connectivity index is 1.43. The van der Waals surface area contributed by atoms with E-state index in [9.17, 15) is 0 Å². The number of nitrogens with one attached hydrogen (secondary N) is 1. The summed E-state index contributed by atoms with van der Waals surface area (Å²) in [7, 11) is 1.86. The molecule has 2 atom stereocenters. The van der Waals surface area contributed by atoms with Gasteiger partial charge in [0.05, 0.1) is 11.8 Å². The van der Waals surface area contributed by atoms with Crippen molar-refractivity contribution in [1.82, 2.24) is 15.2 Å². The minimum atomic E-state index is 0.417. The van der Waals surface area contributed by atoms with Crippen LogP contribution in [0.1, 0.15) is 44.2 Å². The summed E-state index contributed by atoms with van der Waals surface area (Å²) in [6, 6.07) is 7.39. The van der Waals surface area contributed by atoms with Gasteiger partial charge in [-0.25, -0.2) is 0 Å². The Kier molecular flexibility index (Phi) is 5.82. The zero-order valence-corrected chi connectivity index (χ0v) is 13.7. The number of pyridine rings is 1. The van der Waals surface area contributed by atoms with Crippen molar-refractivity contribution in [3.63, 3.8) is 0 Å². The SMILES string of the molecule is COC1CCCCC1NC1CCN(Cc2ccccn2)CC1. The van der Waals surface area contributed by atoms with Gasteiger partial charge in [0, 0.05) is 45.0 Å². The molecule has 1 aromatic rings. The van der Waals surface area contributed by atoms with Gasteiger partial charge in [-0.05, 0) is 37.8 Å². The van der Waals surface area contributed by atoms with Crippen LogP contribution in [0.15, 0.2) is 24.4 Å². The smallest absolute Gasteiger partial charge is 0.0724 e. The quantitative estimate of drug-likeness (QED) is 0.907. The van der Waals surface area contributed by atoms with Crippen molar-refractivity contribution in [2.75, 3.05) is 20.2 Å². The van der Waals surface area contributed by atoms with Gasteiger partial charge in [-0.2, -0.15) is 0 Å². The van der Waals surface area contributed by atoms with Crippen LogP contribution in [-0.2, 0) is 11.3 Å². The van der Waals surface area contributed by atoms with E-state index in [0.717, 1.165) is 6.54 Å². The zero-order chi connectivity index (χ0) is 15.2. The molecule has 2 fully saturated rings. The monoisotopic (exact) mass is 303 g/mol. The van der Waals surface area contributed by atoms with Crippen LogP contribution < -0.4 is 5.32 Å². The third-order valence-corrected chi connectivity index (χ3v) is 5.15. The summed E-state index contributed by atoms with van der Waals surface area (Å²) in [4.78, 5) is 6.96.